The van der Waals surface area contributed by atoms with Crippen LogP contribution in [-0.4, -0.2) is 11.9 Å². The minimum atomic E-state index is 0.112. The molecule has 0 radical (unpaired) electrons. The van der Waals surface area contributed by atoms with Crippen LogP contribution in [0.4, 0.5) is 0 Å². The SMILES string of the molecule is Cc1ccccc1C(=O)N[C@H]1C[C@@H]2CC[C@@H]1C2. The van der Waals surface area contributed by atoms with E-state index < -0.39 is 0 Å². The first-order valence-electron chi connectivity index (χ1n) is 6.60. The number of rotatable bonds is 2. The molecule has 1 aromatic carbocycles. The molecule has 0 heterocycles. The van der Waals surface area contributed by atoms with Crippen LogP contribution in [0, 0.1) is 18.8 Å². The fourth-order valence-electron chi connectivity index (χ4n) is 3.50. The molecule has 1 aromatic rings. The maximum Gasteiger partial charge on any atom is 0.251 e. The van der Waals surface area contributed by atoms with Gasteiger partial charge in [-0.05, 0) is 49.7 Å². The number of carbonyl (C=O) groups excluding carboxylic acids is 1. The van der Waals surface area contributed by atoms with Gasteiger partial charge in [0.25, 0.3) is 5.91 Å². The predicted molar refractivity (Wildman–Crippen MR) is 67.9 cm³/mol. The Kier molecular flexibility index (Phi) is 2.65. The van der Waals surface area contributed by atoms with E-state index in [4.69, 9.17) is 0 Å². The van der Waals surface area contributed by atoms with E-state index in [0.717, 1.165) is 23.0 Å². The lowest BCUT2D eigenvalue weighted by molar-refractivity contribution is 0.0922. The van der Waals surface area contributed by atoms with Crippen LogP contribution >= 0.6 is 0 Å². The molecule has 1 amide bonds. The van der Waals surface area contributed by atoms with Crippen molar-refractivity contribution in [2.45, 2.75) is 38.6 Å². The van der Waals surface area contributed by atoms with Crippen molar-refractivity contribution in [1.82, 2.24) is 5.32 Å². The van der Waals surface area contributed by atoms with Crippen molar-refractivity contribution < 1.29 is 4.79 Å². The number of nitrogens with one attached hydrogen (secondary N) is 1. The minimum Gasteiger partial charge on any atom is -0.349 e. The summed E-state index contributed by atoms with van der Waals surface area (Å²) in [6.45, 7) is 2.00. The molecular formula is C15H19NO. The van der Waals surface area contributed by atoms with E-state index in [1.807, 2.05) is 31.2 Å². The summed E-state index contributed by atoms with van der Waals surface area (Å²) in [5.74, 6) is 1.73. The van der Waals surface area contributed by atoms with Gasteiger partial charge in [0.15, 0.2) is 0 Å². The fraction of sp³-hybridized carbons (Fsp3) is 0.533. The van der Waals surface area contributed by atoms with Crippen LogP contribution in [0.2, 0.25) is 0 Å². The van der Waals surface area contributed by atoms with Gasteiger partial charge in [0.1, 0.15) is 0 Å². The Morgan fingerprint density at radius 3 is 2.71 bits per heavy atom. The first-order valence-corrected chi connectivity index (χ1v) is 6.60. The van der Waals surface area contributed by atoms with E-state index in [-0.39, 0.29) is 5.91 Å². The van der Waals surface area contributed by atoms with Gasteiger partial charge in [-0.15, -0.1) is 0 Å². The third-order valence-corrected chi connectivity index (χ3v) is 4.44. The number of benzene rings is 1. The average molecular weight is 229 g/mol. The second-order valence-electron chi connectivity index (χ2n) is 5.57. The van der Waals surface area contributed by atoms with Crippen LogP contribution < -0.4 is 5.32 Å². The van der Waals surface area contributed by atoms with Crippen LogP contribution in [0.5, 0.6) is 0 Å². The van der Waals surface area contributed by atoms with E-state index in [9.17, 15) is 4.79 Å². The number of fused-ring (bicyclic) bond motifs is 2. The molecule has 0 aromatic heterocycles. The molecule has 1 N–H and O–H groups in total. The summed E-state index contributed by atoms with van der Waals surface area (Å²) in [7, 11) is 0. The molecule has 2 fully saturated rings. The van der Waals surface area contributed by atoms with Crippen LogP contribution in [0.25, 0.3) is 0 Å². The monoisotopic (exact) mass is 229 g/mol. The van der Waals surface area contributed by atoms with Gasteiger partial charge in [-0.25, -0.2) is 0 Å². The van der Waals surface area contributed by atoms with Gasteiger partial charge in [-0.2, -0.15) is 0 Å². The first-order chi connectivity index (χ1) is 8.24. The van der Waals surface area contributed by atoms with E-state index in [0.29, 0.717) is 6.04 Å². The van der Waals surface area contributed by atoms with Crippen LogP contribution in [0.15, 0.2) is 24.3 Å². The molecule has 2 saturated carbocycles. The van der Waals surface area contributed by atoms with Gasteiger partial charge in [0.05, 0.1) is 0 Å². The molecule has 90 valence electrons. The minimum absolute atomic E-state index is 0.112. The van der Waals surface area contributed by atoms with Gasteiger partial charge in [-0.3, -0.25) is 4.79 Å². The zero-order valence-corrected chi connectivity index (χ0v) is 10.3. The number of carbonyl (C=O) groups is 1. The Balaban J connectivity index is 1.70. The molecule has 3 rings (SSSR count). The Labute approximate surface area is 102 Å². The molecule has 0 unspecified atom stereocenters. The van der Waals surface area contributed by atoms with E-state index in [1.54, 1.807) is 0 Å². The van der Waals surface area contributed by atoms with E-state index in [1.165, 1.54) is 25.7 Å². The summed E-state index contributed by atoms with van der Waals surface area (Å²) >= 11 is 0. The quantitative estimate of drug-likeness (QED) is 0.830. The van der Waals surface area contributed by atoms with Crippen molar-refractivity contribution >= 4 is 5.91 Å². The van der Waals surface area contributed by atoms with Crippen LogP contribution in [-0.2, 0) is 0 Å². The second-order valence-corrected chi connectivity index (χ2v) is 5.57. The number of hydrogen-bond acceptors (Lipinski definition) is 1. The summed E-state index contributed by atoms with van der Waals surface area (Å²) < 4.78 is 0. The summed E-state index contributed by atoms with van der Waals surface area (Å²) in [5, 5.41) is 3.23. The zero-order chi connectivity index (χ0) is 11.8. The Hall–Kier alpha value is -1.31. The van der Waals surface area contributed by atoms with Crippen LogP contribution in [0.1, 0.15) is 41.6 Å². The van der Waals surface area contributed by atoms with Crippen molar-refractivity contribution in [2.75, 3.05) is 0 Å². The maximum atomic E-state index is 12.2. The van der Waals surface area contributed by atoms with Gasteiger partial charge >= 0.3 is 0 Å². The summed E-state index contributed by atoms with van der Waals surface area (Å²) in [6.07, 6.45) is 5.21. The van der Waals surface area contributed by atoms with Gasteiger partial charge in [-0.1, -0.05) is 24.6 Å². The third kappa shape index (κ3) is 1.97. The number of amides is 1. The maximum absolute atomic E-state index is 12.2. The van der Waals surface area contributed by atoms with Crippen molar-refractivity contribution in [3.05, 3.63) is 35.4 Å². The van der Waals surface area contributed by atoms with E-state index in [2.05, 4.69) is 5.32 Å². The Morgan fingerprint density at radius 1 is 1.24 bits per heavy atom. The highest BCUT2D eigenvalue weighted by atomic mass is 16.1. The number of hydrogen-bond donors (Lipinski definition) is 1. The molecule has 0 aliphatic heterocycles. The molecule has 2 nitrogen and oxygen atoms in total. The highest BCUT2D eigenvalue weighted by Crippen LogP contribution is 2.44. The first kappa shape index (κ1) is 10.8. The zero-order valence-electron chi connectivity index (χ0n) is 10.3. The Morgan fingerprint density at radius 2 is 2.06 bits per heavy atom. The number of aryl methyl sites for hydroxylation is 1. The lowest BCUT2D eigenvalue weighted by atomic mass is 9.95. The smallest absolute Gasteiger partial charge is 0.251 e. The highest BCUT2D eigenvalue weighted by Gasteiger charge is 2.40. The van der Waals surface area contributed by atoms with Crippen LogP contribution in [0.3, 0.4) is 0 Å². The molecule has 2 bridgehead atoms. The molecule has 17 heavy (non-hydrogen) atoms. The molecule has 0 spiro atoms. The lowest BCUT2D eigenvalue weighted by Gasteiger charge is -2.23. The normalized spacial score (nSPS) is 30.5. The van der Waals surface area contributed by atoms with Crippen molar-refractivity contribution in [2.24, 2.45) is 11.8 Å². The fourth-order valence-corrected chi connectivity index (χ4v) is 3.50. The summed E-state index contributed by atoms with van der Waals surface area (Å²) in [5.41, 5.74) is 1.89. The summed E-state index contributed by atoms with van der Waals surface area (Å²) in [4.78, 5) is 12.2. The van der Waals surface area contributed by atoms with Gasteiger partial charge < -0.3 is 5.32 Å². The molecule has 2 heteroatoms. The topological polar surface area (TPSA) is 29.1 Å². The Bertz CT molecular complexity index is 440. The molecule has 2 aliphatic rings. The van der Waals surface area contributed by atoms with Crippen molar-refractivity contribution in [3.63, 3.8) is 0 Å². The predicted octanol–water partition coefficient (Wildman–Crippen LogP) is 2.91. The van der Waals surface area contributed by atoms with E-state index >= 15 is 0 Å². The van der Waals surface area contributed by atoms with Gasteiger partial charge in [0, 0.05) is 11.6 Å². The molecule has 3 atom stereocenters. The highest BCUT2D eigenvalue weighted by molar-refractivity contribution is 5.95. The third-order valence-electron chi connectivity index (χ3n) is 4.44. The average Bonchev–Trinajstić information content (AvgIpc) is 2.91. The summed E-state index contributed by atoms with van der Waals surface area (Å²) in [6, 6.07) is 8.25. The second kappa shape index (κ2) is 4.17. The molecule has 2 aliphatic carbocycles. The molecule has 0 saturated heterocycles. The van der Waals surface area contributed by atoms with Crippen molar-refractivity contribution in [1.29, 1.82) is 0 Å². The lowest BCUT2D eigenvalue weighted by Crippen LogP contribution is -2.38. The van der Waals surface area contributed by atoms with Gasteiger partial charge in [0.2, 0.25) is 0 Å². The largest absolute Gasteiger partial charge is 0.349 e. The molecular weight excluding hydrogens is 210 g/mol. The standard InChI is InChI=1S/C15H19NO/c1-10-4-2-3-5-13(10)15(17)16-14-9-11-6-7-12(14)8-11/h2-5,11-12,14H,6-9H2,1H3,(H,16,17)/t11-,12-,14+/m1/s1. The van der Waals surface area contributed by atoms with Crippen molar-refractivity contribution in [3.8, 4) is 0 Å².